The average molecular weight is 766 g/mol. The van der Waals surface area contributed by atoms with E-state index in [-0.39, 0.29) is 23.8 Å². The summed E-state index contributed by atoms with van der Waals surface area (Å²) in [6.07, 6.45) is 1.52. The highest BCUT2D eigenvalue weighted by Crippen LogP contribution is 2.42. The van der Waals surface area contributed by atoms with Crippen molar-refractivity contribution in [2.75, 3.05) is 26.1 Å². The first-order valence-corrected chi connectivity index (χ1v) is 16.1. The van der Waals surface area contributed by atoms with E-state index in [0.717, 1.165) is 22.4 Å². The van der Waals surface area contributed by atoms with Gasteiger partial charge in [0.05, 0.1) is 35.8 Å². The number of hydrogen-bond donors (Lipinski definition) is 1. The van der Waals surface area contributed by atoms with Crippen LogP contribution in [0.5, 0.6) is 17.2 Å². The fraction of sp³-hybridized carbons (Fsp3) is 0.200. The Bertz CT molecular complexity index is 2060. The first-order chi connectivity index (χ1) is 22.5. The standard InChI is InChI=1S/C35H31Br2FN4O5/c1-19(2)25-16-26(20(3)14-28(25)45-4)34-41-27-9-7-6-8-24(27)35(44)42(34)39-17-21-15-29(46-5)33(32(37)31(21)36)47-18-30(43)40-23-12-10-22(38)11-13-23/h6-17,19H,18H2,1-5H3,(H,40,43). The van der Waals surface area contributed by atoms with Crippen LogP contribution in [0.25, 0.3) is 22.3 Å². The predicted molar refractivity (Wildman–Crippen MR) is 189 cm³/mol. The molecule has 1 amide bonds. The van der Waals surface area contributed by atoms with Crippen LogP contribution in [0.4, 0.5) is 10.1 Å². The lowest BCUT2D eigenvalue weighted by molar-refractivity contribution is -0.118. The zero-order chi connectivity index (χ0) is 33.8. The van der Waals surface area contributed by atoms with Crippen LogP contribution in [-0.4, -0.2) is 42.6 Å². The SMILES string of the molecule is COc1cc(C)c(-c2nc3ccccc3c(=O)n2N=Cc2cc(OC)c(OCC(=O)Nc3ccc(F)cc3)c(Br)c2Br)cc1C(C)C. The number of rotatable bonds is 10. The van der Waals surface area contributed by atoms with Crippen molar-refractivity contribution < 1.29 is 23.4 Å². The summed E-state index contributed by atoms with van der Waals surface area (Å²) in [4.78, 5) is 31.3. The number of benzene rings is 4. The van der Waals surface area contributed by atoms with Gasteiger partial charge in [-0.25, -0.2) is 9.37 Å². The van der Waals surface area contributed by atoms with Gasteiger partial charge in [-0.1, -0.05) is 26.0 Å². The molecule has 0 aliphatic rings. The molecule has 0 aliphatic carbocycles. The van der Waals surface area contributed by atoms with E-state index in [9.17, 15) is 14.0 Å². The van der Waals surface area contributed by atoms with Crippen LogP contribution in [0.2, 0.25) is 0 Å². The minimum Gasteiger partial charge on any atom is -0.496 e. The Balaban J connectivity index is 1.54. The van der Waals surface area contributed by atoms with E-state index in [1.54, 1.807) is 31.4 Å². The van der Waals surface area contributed by atoms with E-state index < -0.39 is 11.7 Å². The van der Waals surface area contributed by atoms with Gasteiger partial charge in [0.25, 0.3) is 11.5 Å². The minimum atomic E-state index is -0.447. The summed E-state index contributed by atoms with van der Waals surface area (Å²) < 4.78 is 32.5. The van der Waals surface area contributed by atoms with E-state index in [2.05, 4.69) is 56.1 Å². The number of aromatic nitrogens is 2. The lowest BCUT2D eigenvalue weighted by Crippen LogP contribution is -2.21. The van der Waals surface area contributed by atoms with E-state index in [0.29, 0.717) is 42.7 Å². The highest BCUT2D eigenvalue weighted by molar-refractivity contribution is 9.13. The molecule has 0 atom stereocenters. The molecule has 242 valence electrons. The topological polar surface area (TPSA) is 104 Å². The number of aryl methyl sites for hydroxylation is 1. The molecule has 0 fully saturated rings. The molecule has 0 bridgehead atoms. The van der Waals surface area contributed by atoms with Crippen molar-refractivity contribution in [1.82, 2.24) is 9.66 Å². The summed E-state index contributed by atoms with van der Waals surface area (Å²) in [5.41, 5.74) is 3.79. The van der Waals surface area contributed by atoms with Crippen LogP contribution in [0.15, 0.2) is 85.6 Å². The molecule has 4 aromatic carbocycles. The fourth-order valence-electron chi connectivity index (χ4n) is 4.94. The Morgan fingerprint density at radius 2 is 1.72 bits per heavy atom. The van der Waals surface area contributed by atoms with Crippen molar-refractivity contribution in [3.8, 4) is 28.6 Å². The van der Waals surface area contributed by atoms with Crippen LogP contribution >= 0.6 is 31.9 Å². The molecule has 0 saturated carbocycles. The number of para-hydroxylation sites is 1. The van der Waals surface area contributed by atoms with Crippen LogP contribution in [0.1, 0.15) is 36.5 Å². The fourth-order valence-corrected chi connectivity index (χ4v) is 5.88. The van der Waals surface area contributed by atoms with Gasteiger partial charge in [0, 0.05) is 21.3 Å². The first-order valence-electron chi connectivity index (χ1n) is 14.5. The van der Waals surface area contributed by atoms with Crippen molar-refractivity contribution in [2.24, 2.45) is 5.10 Å². The summed E-state index contributed by atoms with van der Waals surface area (Å²) in [6.45, 7) is 5.75. The summed E-state index contributed by atoms with van der Waals surface area (Å²) >= 11 is 7.12. The van der Waals surface area contributed by atoms with Gasteiger partial charge in [-0.3, -0.25) is 9.59 Å². The predicted octanol–water partition coefficient (Wildman–Crippen LogP) is 8.08. The van der Waals surface area contributed by atoms with Crippen LogP contribution in [0.3, 0.4) is 0 Å². The Morgan fingerprint density at radius 1 is 1.02 bits per heavy atom. The second-order valence-electron chi connectivity index (χ2n) is 10.8. The number of carbonyl (C=O) groups is 1. The molecule has 5 rings (SSSR count). The van der Waals surface area contributed by atoms with Gasteiger partial charge < -0.3 is 19.5 Å². The molecule has 1 aromatic heterocycles. The number of nitrogens with zero attached hydrogens (tertiary/aromatic N) is 3. The lowest BCUT2D eigenvalue weighted by Gasteiger charge is -2.17. The maximum absolute atomic E-state index is 13.9. The minimum absolute atomic E-state index is 0.156. The van der Waals surface area contributed by atoms with Crippen LogP contribution < -0.4 is 25.1 Å². The smallest absolute Gasteiger partial charge is 0.282 e. The third kappa shape index (κ3) is 7.23. The Morgan fingerprint density at radius 3 is 2.40 bits per heavy atom. The monoisotopic (exact) mass is 764 g/mol. The van der Waals surface area contributed by atoms with Gasteiger partial charge in [-0.15, -0.1) is 0 Å². The largest absolute Gasteiger partial charge is 0.496 e. The number of nitrogens with one attached hydrogen (secondary N) is 1. The third-order valence-corrected chi connectivity index (χ3v) is 9.50. The number of methoxy groups -OCH3 is 2. The summed E-state index contributed by atoms with van der Waals surface area (Å²) in [5.74, 6) is 1.02. The molecule has 1 heterocycles. The number of halogens is 3. The van der Waals surface area contributed by atoms with Crippen molar-refractivity contribution in [3.05, 3.63) is 109 Å². The quantitative estimate of drug-likeness (QED) is 0.144. The van der Waals surface area contributed by atoms with Crippen molar-refractivity contribution in [1.29, 1.82) is 0 Å². The van der Waals surface area contributed by atoms with Gasteiger partial charge >= 0.3 is 0 Å². The summed E-state index contributed by atoms with van der Waals surface area (Å²) in [6, 6.07) is 18.1. The molecular formula is C35H31Br2FN4O5. The van der Waals surface area contributed by atoms with Crippen molar-refractivity contribution in [2.45, 2.75) is 26.7 Å². The molecule has 0 aliphatic heterocycles. The van der Waals surface area contributed by atoms with Crippen LogP contribution in [-0.2, 0) is 4.79 Å². The summed E-state index contributed by atoms with van der Waals surface area (Å²) in [5, 5.41) is 7.72. The lowest BCUT2D eigenvalue weighted by atomic mass is 9.96. The number of anilines is 1. The molecule has 1 N–H and O–H groups in total. The number of amides is 1. The highest BCUT2D eigenvalue weighted by atomic mass is 79.9. The molecule has 47 heavy (non-hydrogen) atoms. The van der Waals surface area contributed by atoms with Crippen LogP contribution in [0, 0.1) is 12.7 Å². The molecule has 0 unspecified atom stereocenters. The highest BCUT2D eigenvalue weighted by Gasteiger charge is 2.20. The summed E-state index contributed by atoms with van der Waals surface area (Å²) in [7, 11) is 3.11. The van der Waals surface area contributed by atoms with Gasteiger partial charge in [0.2, 0.25) is 0 Å². The van der Waals surface area contributed by atoms with Crippen molar-refractivity contribution in [3.63, 3.8) is 0 Å². The Labute approximate surface area is 287 Å². The van der Waals surface area contributed by atoms with Gasteiger partial charge in [0.15, 0.2) is 23.9 Å². The molecule has 5 aromatic rings. The maximum atomic E-state index is 13.9. The molecule has 12 heteroatoms. The molecule has 0 spiro atoms. The first kappa shape index (κ1) is 33.8. The van der Waals surface area contributed by atoms with Crippen molar-refractivity contribution >= 4 is 60.6 Å². The Hall–Kier alpha value is -4.55. The van der Waals surface area contributed by atoms with E-state index in [1.165, 1.54) is 42.3 Å². The normalized spacial score (nSPS) is 11.3. The molecule has 9 nitrogen and oxygen atoms in total. The van der Waals surface area contributed by atoms with Gasteiger partial charge in [0.1, 0.15) is 11.6 Å². The average Bonchev–Trinajstić information content (AvgIpc) is 3.06. The van der Waals surface area contributed by atoms with E-state index in [4.69, 9.17) is 19.2 Å². The number of ether oxygens (including phenoxy) is 3. The van der Waals surface area contributed by atoms with Gasteiger partial charge in [-0.05, 0) is 110 Å². The second-order valence-corrected chi connectivity index (χ2v) is 12.4. The second kappa shape index (κ2) is 14.5. The number of fused-ring (bicyclic) bond motifs is 1. The zero-order valence-corrected chi connectivity index (χ0v) is 29.4. The van der Waals surface area contributed by atoms with E-state index in [1.807, 2.05) is 25.1 Å². The zero-order valence-electron chi connectivity index (χ0n) is 26.2. The van der Waals surface area contributed by atoms with E-state index >= 15 is 0 Å². The van der Waals surface area contributed by atoms with Gasteiger partial charge in [-0.2, -0.15) is 9.78 Å². The maximum Gasteiger partial charge on any atom is 0.282 e. The third-order valence-electron chi connectivity index (χ3n) is 7.36. The Kier molecular flexibility index (Phi) is 10.4. The molecule has 0 radical (unpaired) electrons. The number of hydrogen-bond acceptors (Lipinski definition) is 7. The molecule has 0 saturated heterocycles. The number of carbonyl (C=O) groups excluding carboxylic acids is 1. The molecular weight excluding hydrogens is 735 g/mol.